The molecule has 0 bridgehead atoms. The molecule has 0 radical (unpaired) electrons. The van der Waals surface area contributed by atoms with Gasteiger partial charge in [0.05, 0.1) is 59.0 Å². The number of aromatic nitrogens is 4. The van der Waals surface area contributed by atoms with Crippen LogP contribution in [-0.2, 0) is 62.5 Å². The number of fused-ring (bicyclic) bond motifs is 3. The highest BCUT2D eigenvalue weighted by Crippen LogP contribution is 2.47. The largest absolute Gasteiger partial charge is 0.315 e. The molecule has 4 heterocycles. The predicted octanol–water partition coefficient (Wildman–Crippen LogP) is 16.2. The Morgan fingerprint density at radius 2 is 0.728 bits per heavy atom. The zero-order valence-corrected chi connectivity index (χ0v) is 57.7. The van der Waals surface area contributed by atoms with Gasteiger partial charge in [0, 0.05) is 83.1 Å². The summed E-state index contributed by atoms with van der Waals surface area (Å²) in [6.45, 7) is 9.99. The van der Waals surface area contributed by atoms with Crippen LogP contribution < -0.4 is 41.6 Å². The summed E-state index contributed by atoms with van der Waals surface area (Å²) >= 11 is 6.92. The fourth-order valence-corrected chi connectivity index (χ4v) is 17.7. The number of benzene rings is 7. The maximum atomic E-state index is 14.0. The van der Waals surface area contributed by atoms with Gasteiger partial charge in [0.2, 0.25) is 0 Å². The van der Waals surface area contributed by atoms with Gasteiger partial charge in [-0.25, -0.2) is 29.1 Å². The van der Waals surface area contributed by atoms with Crippen LogP contribution in [0.15, 0.2) is 240 Å². The first-order valence-electron chi connectivity index (χ1n) is 29.4. The first kappa shape index (κ1) is 71.2. The number of halogens is 4. The lowest BCUT2D eigenvalue weighted by atomic mass is 10.1. The van der Waals surface area contributed by atoms with Gasteiger partial charge >= 0.3 is 22.6 Å². The molecule has 24 heteroatoms. The molecule has 0 aliphatic heterocycles. The molecule has 7 aromatic carbocycles. The third-order valence-corrected chi connectivity index (χ3v) is 23.8. The molecule has 16 nitrogen and oxygen atoms in total. The Morgan fingerprint density at radius 3 is 1.12 bits per heavy atom. The van der Waals surface area contributed by atoms with Crippen molar-refractivity contribution in [3.05, 3.63) is 274 Å². The second-order valence-electron chi connectivity index (χ2n) is 19.9. The molecule has 11 aromatic rings. The molecule has 0 amide bonds. The molecule has 0 saturated heterocycles. The van der Waals surface area contributed by atoms with Crippen molar-refractivity contribution in [2.24, 2.45) is 0 Å². The molecule has 0 aliphatic rings. The minimum Gasteiger partial charge on any atom is -0.315 e. The predicted molar refractivity (Wildman–Crippen MR) is 373 cm³/mol. The number of pyridine rings is 4. The van der Waals surface area contributed by atoms with Crippen LogP contribution in [0.1, 0.15) is 50.2 Å². The second-order valence-corrected chi connectivity index (χ2v) is 30.3. The smallest absolute Gasteiger partial charge is 0.300 e. The fraction of sp³-hybridized carbons (Fsp3) is 0.176. The van der Waals surface area contributed by atoms with Crippen molar-refractivity contribution in [3.8, 4) is 0 Å². The van der Waals surface area contributed by atoms with Gasteiger partial charge in [-0.2, -0.15) is 0 Å². The highest BCUT2D eigenvalue weighted by atomic mass is 79.9. The van der Waals surface area contributed by atoms with E-state index < -0.39 is 30.1 Å². The van der Waals surface area contributed by atoms with E-state index in [1.165, 1.54) is 24.3 Å². The van der Waals surface area contributed by atoms with Crippen molar-refractivity contribution in [2.45, 2.75) is 53.9 Å². The summed E-state index contributed by atoms with van der Waals surface area (Å²) in [7, 11) is -13.0. The maximum absolute atomic E-state index is 14.0. The van der Waals surface area contributed by atoms with Crippen molar-refractivity contribution in [3.63, 3.8) is 0 Å². The van der Waals surface area contributed by atoms with E-state index in [2.05, 4.69) is 72.1 Å². The standard InChI is InChI=1S/C18H18BrN2O2P.2C18H18FN2O2P.C14H16BrN2O2P/c1-2-23-24(22,21-13-14-6-5-11-20-12-14)18-10-9-17(19)15-7-3-4-8-16(15)18;1-2-23-24(22,21-13-14-7-5-6-12-20-14)18-11-10-17(19)15-8-3-4-9-16(15)18;1-2-23-24(22,21-13-14-6-5-11-20-12-14)18-10-9-17(19)15-7-3-4-8-16(15)18;1-2-19-20(18,14-8-6-12(15)7-9-14)17-11-13-5-3-4-10-16-13/h3*3-12H,2,13H2,1H3,(H,21,22);3-10H,2,11H2,1H3,(H,17,18). The first-order chi connectivity index (χ1) is 44.6. The van der Waals surface area contributed by atoms with Gasteiger partial charge in [0.25, 0.3) is 7.52 Å². The quantitative estimate of drug-likeness (QED) is 0.0415. The van der Waals surface area contributed by atoms with Gasteiger partial charge in [0.1, 0.15) is 11.6 Å². The molecule has 4 unspecified atom stereocenters. The van der Waals surface area contributed by atoms with Crippen molar-refractivity contribution >= 4 is 115 Å². The molecule has 4 atom stereocenters. The van der Waals surface area contributed by atoms with Crippen LogP contribution in [0.25, 0.3) is 32.3 Å². The van der Waals surface area contributed by atoms with E-state index in [-0.39, 0.29) is 24.8 Å². The minimum absolute atomic E-state index is 0.276. The fourth-order valence-electron chi connectivity index (χ4n) is 9.46. The van der Waals surface area contributed by atoms with E-state index in [0.29, 0.717) is 82.2 Å². The van der Waals surface area contributed by atoms with E-state index in [1.54, 1.807) is 112 Å². The van der Waals surface area contributed by atoms with Gasteiger partial charge in [-0.05, 0) is 157 Å². The van der Waals surface area contributed by atoms with Crippen molar-refractivity contribution < 1.29 is 45.1 Å². The Balaban J connectivity index is 0.000000158. The normalized spacial score (nSPS) is 13.8. The van der Waals surface area contributed by atoms with Crippen LogP contribution in [0.2, 0.25) is 0 Å². The number of hydrogen-bond donors (Lipinski definition) is 4. The lowest BCUT2D eigenvalue weighted by molar-refractivity contribution is 0.331. The number of nitrogens with one attached hydrogen (secondary N) is 4. The summed E-state index contributed by atoms with van der Waals surface area (Å²) in [6, 6.07) is 57.2. The molecular weight excluding hydrogens is 1380 g/mol. The summed E-state index contributed by atoms with van der Waals surface area (Å²) in [5, 5.41) is 18.4. The molecule has 0 spiro atoms. The number of nitrogens with zero attached hydrogens (tertiary/aromatic N) is 4. The Labute approximate surface area is 552 Å². The highest BCUT2D eigenvalue weighted by molar-refractivity contribution is 9.11. The van der Waals surface area contributed by atoms with Crippen LogP contribution in [0.5, 0.6) is 0 Å². The molecule has 0 aliphatic carbocycles. The summed E-state index contributed by atoms with van der Waals surface area (Å²) in [5.74, 6) is -0.688. The van der Waals surface area contributed by atoms with Crippen molar-refractivity contribution in [2.75, 3.05) is 26.4 Å². The number of hydrogen-bond acceptors (Lipinski definition) is 12. The topological polar surface area (TPSA) is 205 Å². The van der Waals surface area contributed by atoms with E-state index in [1.807, 2.05) is 123 Å². The summed E-state index contributed by atoms with van der Waals surface area (Å²) in [5.41, 5.74) is 3.43. The molecule has 478 valence electrons. The first-order valence-corrected chi connectivity index (χ1v) is 37.5. The average Bonchev–Trinajstić information content (AvgIpc) is 1.32. The monoisotopic (exact) mass is 1450 g/mol. The lowest BCUT2D eigenvalue weighted by Crippen LogP contribution is -2.22. The summed E-state index contributed by atoms with van der Waals surface area (Å²) in [4.78, 5) is 16.6. The molecular formula is C68H70Br2F2N8O8P4. The Kier molecular flexibility index (Phi) is 27.1. The molecule has 0 saturated carbocycles. The number of rotatable bonds is 24. The highest BCUT2D eigenvalue weighted by Gasteiger charge is 2.31. The van der Waals surface area contributed by atoms with Gasteiger partial charge < -0.3 is 18.1 Å². The van der Waals surface area contributed by atoms with Gasteiger partial charge in [-0.15, -0.1) is 0 Å². The summed E-state index contributed by atoms with van der Waals surface area (Å²) in [6.07, 6.45) is 10.2. The summed E-state index contributed by atoms with van der Waals surface area (Å²) < 4.78 is 106. The minimum atomic E-state index is -3.36. The van der Waals surface area contributed by atoms with Crippen LogP contribution in [0.4, 0.5) is 8.78 Å². The van der Waals surface area contributed by atoms with E-state index >= 15 is 0 Å². The zero-order valence-electron chi connectivity index (χ0n) is 51.0. The van der Waals surface area contributed by atoms with Crippen LogP contribution in [0, 0.1) is 11.6 Å². The Morgan fingerprint density at radius 1 is 0.370 bits per heavy atom. The molecule has 92 heavy (non-hydrogen) atoms. The Hall–Kier alpha value is -6.66. The van der Waals surface area contributed by atoms with Gasteiger partial charge in [-0.1, -0.05) is 129 Å². The van der Waals surface area contributed by atoms with Crippen molar-refractivity contribution in [1.82, 2.24) is 40.3 Å². The van der Waals surface area contributed by atoms with Crippen LogP contribution in [-0.4, -0.2) is 46.4 Å². The van der Waals surface area contributed by atoms with E-state index in [4.69, 9.17) is 18.1 Å². The van der Waals surface area contributed by atoms with Gasteiger partial charge in [-0.3, -0.25) is 38.2 Å². The molecule has 0 fully saturated rings. The van der Waals surface area contributed by atoms with E-state index in [0.717, 1.165) is 42.2 Å². The average molecular weight is 1450 g/mol. The van der Waals surface area contributed by atoms with Crippen molar-refractivity contribution in [1.29, 1.82) is 0 Å². The molecule has 4 N–H and O–H groups in total. The lowest BCUT2D eigenvalue weighted by Gasteiger charge is -2.21. The maximum Gasteiger partial charge on any atom is 0.300 e. The zero-order chi connectivity index (χ0) is 65.4. The van der Waals surface area contributed by atoms with E-state index in [9.17, 15) is 27.0 Å². The SMILES string of the molecule is CCOP(=O)(NCc1ccccn1)c1ccc(Br)cc1.CCOP(=O)(NCc1ccccn1)c1ccc(F)c2ccccc12.CCOP(=O)(NCc1cccnc1)c1ccc(Br)c2ccccc12.CCOP(=O)(NCc1cccnc1)c1ccc(F)c2ccccc12. The Bertz CT molecular complexity index is 4000. The molecule has 11 rings (SSSR count). The van der Waals surface area contributed by atoms with Crippen LogP contribution in [0.3, 0.4) is 0 Å². The third kappa shape index (κ3) is 19.2. The third-order valence-electron chi connectivity index (χ3n) is 13.7. The van der Waals surface area contributed by atoms with Crippen LogP contribution >= 0.6 is 61.9 Å². The second kappa shape index (κ2) is 35.0. The molecule has 4 aromatic heterocycles. The van der Waals surface area contributed by atoms with Gasteiger partial charge in [0.15, 0.2) is 0 Å².